The van der Waals surface area contributed by atoms with Gasteiger partial charge in [0.05, 0.1) is 11.6 Å². The van der Waals surface area contributed by atoms with E-state index in [4.69, 9.17) is 5.26 Å². The molecule has 1 aliphatic rings. The van der Waals surface area contributed by atoms with Crippen LogP contribution in [0.15, 0.2) is 61.1 Å². The second-order valence-electron chi connectivity index (χ2n) is 6.57. The highest BCUT2D eigenvalue weighted by Gasteiger charge is 2.24. The van der Waals surface area contributed by atoms with Crippen molar-refractivity contribution in [1.82, 2.24) is 19.9 Å². The Bertz CT molecular complexity index is 1020. The Morgan fingerprint density at radius 1 is 0.931 bits per heavy atom. The maximum atomic E-state index is 12.9. The summed E-state index contributed by atoms with van der Waals surface area (Å²) in [5, 5.41) is 12.1. The van der Waals surface area contributed by atoms with E-state index in [1.54, 1.807) is 53.8 Å². The number of nitriles is 1. The number of hydrogen-bond donors (Lipinski definition) is 1. The molecule has 1 aliphatic heterocycles. The average Bonchev–Trinajstić information content (AvgIpc) is 2.80. The molecule has 8 heteroatoms. The summed E-state index contributed by atoms with van der Waals surface area (Å²) in [6.07, 6.45) is 5.06. The van der Waals surface area contributed by atoms with Gasteiger partial charge in [-0.3, -0.25) is 9.78 Å². The molecular formula is C21H19N7O. The molecule has 1 aromatic carbocycles. The first kappa shape index (κ1) is 18.4. The number of hydrogen-bond acceptors (Lipinski definition) is 7. The van der Waals surface area contributed by atoms with Gasteiger partial charge in [-0.25, -0.2) is 9.97 Å². The van der Waals surface area contributed by atoms with Crippen molar-refractivity contribution in [3.8, 4) is 6.07 Å². The van der Waals surface area contributed by atoms with Gasteiger partial charge in [0.1, 0.15) is 5.69 Å². The fraction of sp³-hybridized carbons (Fsp3) is 0.190. The van der Waals surface area contributed by atoms with Crippen molar-refractivity contribution in [1.29, 1.82) is 5.26 Å². The molecule has 0 saturated carbocycles. The summed E-state index contributed by atoms with van der Waals surface area (Å²) in [6.45, 7) is 2.54. The lowest BCUT2D eigenvalue weighted by molar-refractivity contribution is 0.0740. The molecule has 0 spiro atoms. The summed E-state index contributed by atoms with van der Waals surface area (Å²) in [6, 6.07) is 14.6. The molecule has 3 aromatic rings. The van der Waals surface area contributed by atoms with Gasteiger partial charge in [-0.1, -0.05) is 0 Å². The Labute approximate surface area is 168 Å². The zero-order valence-corrected chi connectivity index (χ0v) is 15.7. The van der Waals surface area contributed by atoms with Crippen LogP contribution in [-0.2, 0) is 0 Å². The number of benzene rings is 1. The van der Waals surface area contributed by atoms with Crippen LogP contribution < -0.4 is 10.2 Å². The van der Waals surface area contributed by atoms with Crippen molar-refractivity contribution in [3.63, 3.8) is 0 Å². The third-order valence-corrected chi connectivity index (χ3v) is 4.68. The number of carbonyl (C=O) groups is 1. The van der Waals surface area contributed by atoms with E-state index in [-0.39, 0.29) is 5.91 Å². The zero-order chi connectivity index (χ0) is 20.1. The first-order valence-corrected chi connectivity index (χ1v) is 9.27. The highest BCUT2D eigenvalue weighted by atomic mass is 16.2. The second-order valence-corrected chi connectivity index (χ2v) is 6.57. The predicted octanol–water partition coefficient (Wildman–Crippen LogP) is 2.45. The lowest BCUT2D eigenvalue weighted by Gasteiger charge is -2.34. The molecule has 0 radical (unpaired) electrons. The number of aromatic nitrogens is 3. The normalized spacial score (nSPS) is 13.6. The molecule has 0 aliphatic carbocycles. The third-order valence-electron chi connectivity index (χ3n) is 4.68. The lowest BCUT2D eigenvalue weighted by atomic mass is 10.2. The van der Waals surface area contributed by atoms with Crippen molar-refractivity contribution in [3.05, 3.63) is 72.3 Å². The number of anilines is 3. The predicted molar refractivity (Wildman–Crippen MR) is 109 cm³/mol. The molecule has 2 aromatic heterocycles. The average molecular weight is 385 g/mol. The second kappa shape index (κ2) is 8.35. The SMILES string of the molecule is N#Cc1ccc(Nc2ccnc(C(=O)N3CCN(c4ncccn4)CC3)c2)cc1. The van der Waals surface area contributed by atoms with Crippen molar-refractivity contribution >= 4 is 23.2 Å². The number of rotatable bonds is 4. The molecule has 1 fully saturated rings. The van der Waals surface area contributed by atoms with Gasteiger partial charge in [0, 0.05) is 56.1 Å². The fourth-order valence-electron chi connectivity index (χ4n) is 3.15. The van der Waals surface area contributed by atoms with E-state index in [1.165, 1.54) is 0 Å². The Hall–Kier alpha value is -3.99. The molecule has 3 heterocycles. The number of amides is 1. The summed E-state index contributed by atoms with van der Waals surface area (Å²) >= 11 is 0. The Morgan fingerprint density at radius 3 is 2.34 bits per heavy atom. The minimum atomic E-state index is -0.0953. The largest absolute Gasteiger partial charge is 0.355 e. The quantitative estimate of drug-likeness (QED) is 0.736. The highest BCUT2D eigenvalue weighted by molar-refractivity contribution is 5.93. The monoisotopic (exact) mass is 385 g/mol. The summed E-state index contributed by atoms with van der Waals surface area (Å²) in [5.74, 6) is 0.591. The number of piperazine rings is 1. The summed E-state index contributed by atoms with van der Waals surface area (Å²) in [4.78, 5) is 29.5. The zero-order valence-electron chi connectivity index (χ0n) is 15.7. The smallest absolute Gasteiger partial charge is 0.272 e. The molecule has 1 amide bonds. The van der Waals surface area contributed by atoms with Gasteiger partial charge in [-0.2, -0.15) is 5.26 Å². The molecule has 0 atom stereocenters. The molecule has 1 N–H and O–H groups in total. The number of nitrogens with one attached hydrogen (secondary N) is 1. The minimum absolute atomic E-state index is 0.0953. The topological polar surface area (TPSA) is 98.0 Å². The molecule has 0 bridgehead atoms. The van der Waals surface area contributed by atoms with E-state index in [0.717, 1.165) is 11.4 Å². The van der Waals surface area contributed by atoms with Crippen LogP contribution in [-0.4, -0.2) is 51.9 Å². The summed E-state index contributed by atoms with van der Waals surface area (Å²) < 4.78 is 0. The van der Waals surface area contributed by atoms with Crippen LogP contribution in [0.2, 0.25) is 0 Å². The molecular weight excluding hydrogens is 366 g/mol. The van der Waals surface area contributed by atoms with Crippen LogP contribution in [0.25, 0.3) is 0 Å². The highest BCUT2D eigenvalue weighted by Crippen LogP contribution is 2.19. The van der Waals surface area contributed by atoms with Crippen molar-refractivity contribution in [2.24, 2.45) is 0 Å². The maximum Gasteiger partial charge on any atom is 0.272 e. The molecule has 4 rings (SSSR count). The van der Waals surface area contributed by atoms with E-state index in [0.29, 0.717) is 43.4 Å². The number of carbonyl (C=O) groups excluding carboxylic acids is 1. The summed E-state index contributed by atoms with van der Waals surface area (Å²) in [7, 11) is 0. The molecule has 0 unspecified atom stereocenters. The molecule has 1 saturated heterocycles. The van der Waals surface area contributed by atoms with Crippen LogP contribution in [0.4, 0.5) is 17.3 Å². The first-order chi connectivity index (χ1) is 14.2. The van der Waals surface area contributed by atoms with Crippen molar-refractivity contribution < 1.29 is 4.79 Å². The standard InChI is InChI=1S/C21H19N7O/c22-15-16-2-4-17(5-3-16)26-18-6-9-23-19(14-18)20(29)27-10-12-28(13-11-27)21-24-7-1-8-25-21/h1-9,14H,10-13H2,(H,23,26). The van der Waals surface area contributed by atoms with Gasteiger partial charge in [0.15, 0.2) is 0 Å². The van der Waals surface area contributed by atoms with Crippen LogP contribution in [0, 0.1) is 11.3 Å². The Morgan fingerprint density at radius 2 is 1.66 bits per heavy atom. The van der Waals surface area contributed by atoms with Crippen molar-refractivity contribution in [2.45, 2.75) is 0 Å². The molecule has 8 nitrogen and oxygen atoms in total. The van der Waals surface area contributed by atoms with Gasteiger partial charge < -0.3 is 15.1 Å². The Balaban J connectivity index is 1.40. The summed E-state index contributed by atoms with van der Waals surface area (Å²) in [5.41, 5.74) is 2.60. The molecule has 29 heavy (non-hydrogen) atoms. The van der Waals surface area contributed by atoms with E-state index >= 15 is 0 Å². The van der Waals surface area contributed by atoms with Gasteiger partial charge >= 0.3 is 0 Å². The van der Waals surface area contributed by atoms with Gasteiger partial charge in [0.25, 0.3) is 5.91 Å². The van der Waals surface area contributed by atoms with E-state index in [2.05, 4.69) is 31.2 Å². The first-order valence-electron chi connectivity index (χ1n) is 9.27. The Kier molecular flexibility index (Phi) is 5.29. The number of nitrogens with zero attached hydrogens (tertiary/aromatic N) is 6. The minimum Gasteiger partial charge on any atom is -0.355 e. The van der Waals surface area contributed by atoms with Crippen LogP contribution in [0.3, 0.4) is 0 Å². The van der Waals surface area contributed by atoms with E-state index in [9.17, 15) is 4.79 Å². The fourth-order valence-corrected chi connectivity index (χ4v) is 3.15. The van der Waals surface area contributed by atoms with Crippen LogP contribution >= 0.6 is 0 Å². The molecule has 144 valence electrons. The number of pyridine rings is 1. The maximum absolute atomic E-state index is 12.9. The van der Waals surface area contributed by atoms with Gasteiger partial charge in [-0.15, -0.1) is 0 Å². The van der Waals surface area contributed by atoms with E-state index < -0.39 is 0 Å². The third kappa shape index (κ3) is 4.30. The van der Waals surface area contributed by atoms with Crippen LogP contribution in [0.5, 0.6) is 0 Å². The van der Waals surface area contributed by atoms with E-state index in [1.807, 2.05) is 12.1 Å². The van der Waals surface area contributed by atoms with Crippen LogP contribution in [0.1, 0.15) is 16.1 Å². The van der Waals surface area contributed by atoms with Gasteiger partial charge in [-0.05, 0) is 42.5 Å². The van der Waals surface area contributed by atoms with Gasteiger partial charge in [0.2, 0.25) is 5.95 Å². The van der Waals surface area contributed by atoms with Crippen molar-refractivity contribution in [2.75, 3.05) is 36.4 Å². The lowest BCUT2D eigenvalue weighted by Crippen LogP contribution is -2.49.